The molecule has 1 aromatic heterocycles. The van der Waals surface area contributed by atoms with Crippen LogP contribution in [0.3, 0.4) is 0 Å². The van der Waals surface area contributed by atoms with E-state index in [1.165, 1.54) is 17.7 Å². The molecule has 0 spiro atoms. The summed E-state index contributed by atoms with van der Waals surface area (Å²) in [6, 6.07) is 15.8. The van der Waals surface area contributed by atoms with Gasteiger partial charge < -0.3 is 14.6 Å². The first kappa shape index (κ1) is 24.5. The van der Waals surface area contributed by atoms with Crippen molar-refractivity contribution in [2.24, 2.45) is 5.92 Å². The van der Waals surface area contributed by atoms with Crippen LogP contribution in [-0.4, -0.2) is 36.2 Å². The Labute approximate surface area is 194 Å². The number of halogens is 1. The average molecular weight is 454 g/mol. The first-order valence-corrected chi connectivity index (χ1v) is 11.3. The summed E-state index contributed by atoms with van der Waals surface area (Å²) in [6.07, 6.45) is 1.98. The van der Waals surface area contributed by atoms with E-state index in [9.17, 15) is 9.18 Å². The summed E-state index contributed by atoms with van der Waals surface area (Å²) >= 11 is 0. The van der Waals surface area contributed by atoms with Crippen LogP contribution >= 0.6 is 0 Å². The lowest BCUT2D eigenvalue weighted by atomic mass is 10.1. The molecular formula is C26H32FN3O3. The lowest BCUT2D eigenvalue weighted by molar-refractivity contribution is 0.0941. The van der Waals surface area contributed by atoms with Crippen LogP contribution in [0.1, 0.15) is 47.6 Å². The number of rotatable bonds is 12. The zero-order valence-electron chi connectivity index (χ0n) is 19.5. The zero-order valence-corrected chi connectivity index (χ0v) is 19.5. The van der Waals surface area contributed by atoms with Gasteiger partial charge in [-0.15, -0.1) is 0 Å². The van der Waals surface area contributed by atoms with Gasteiger partial charge in [0.1, 0.15) is 11.6 Å². The standard InChI is InChI=1S/C26H32FN3O3/c1-19(2)12-14-30(15-13-20-6-10-23(32-3)11-7-20)18-24-16-25(29-33-24)26(31)28-17-21-4-8-22(27)9-5-21/h4-11,16,19H,12-15,17-18H2,1-3H3,(H,28,31). The molecule has 176 valence electrons. The summed E-state index contributed by atoms with van der Waals surface area (Å²) < 4.78 is 23.7. The van der Waals surface area contributed by atoms with E-state index in [2.05, 4.69) is 41.4 Å². The predicted octanol–water partition coefficient (Wildman–Crippen LogP) is 4.84. The molecule has 0 radical (unpaired) electrons. The fraction of sp³-hybridized carbons (Fsp3) is 0.385. The molecule has 2 aromatic carbocycles. The van der Waals surface area contributed by atoms with Crippen molar-refractivity contribution in [3.63, 3.8) is 0 Å². The third-order valence-electron chi connectivity index (χ3n) is 5.44. The largest absolute Gasteiger partial charge is 0.497 e. The molecule has 0 aliphatic carbocycles. The molecule has 33 heavy (non-hydrogen) atoms. The Morgan fingerprint density at radius 3 is 2.45 bits per heavy atom. The van der Waals surface area contributed by atoms with Crippen molar-refractivity contribution >= 4 is 5.91 Å². The number of ether oxygens (including phenoxy) is 1. The Hall–Kier alpha value is -3.19. The highest BCUT2D eigenvalue weighted by atomic mass is 19.1. The van der Waals surface area contributed by atoms with Gasteiger partial charge in [-0.05, 0) is 60.7 Å². The molecule has 6 nitrogen and oxygen atoms in total. The van der Waals surface area contributed by atoms with Gasteiger partial charge in [-0.2, -0.15) is 0 Å². The third-order valence-corrected chi connectivity index (χ3v) is 5.44. The average Bonchev–Trinajstić information content (AvgIpc) is 3.29. The van der Waals surface area contributed by atoms with Gasteiger partial charge in [-0.1, -0.05) is 43.3 Å². The van der Waals surface area contributed by atoms with Gasteiger partial charge in [-0.3, -0.25) is 9.69 Å². The van der Waals surface area contributed by atoms with Crippen molar-refractivity contribution in [1.29, 1.82) is 0 Å². The van der Waals surface area contributed by atoms with Gasteiger partial charge in [0.05, 0.1) is 13.7 Å². The molecule has 0 bridgehead atoms. The normalized spacial score (nSPS) is 11.2. The molecule has 3 rings (SSSR count). The summed E-state index contributed by atoms with van der Waals surface area (Å²) in [5.74, 6) is 1.47. The number of aromatic nitrogens is 1. The highest BCUT2D eigenvalue weighted by Crippen LogP contribution is 2.14. The minimum absolute atomic E-state index is 0.242. The van der Waals surface area contributed by atoms with E-state index >= 15 is 0 Å². The molecular weight excluding hydrogens is 421 g/mol. The maximum atomic E-state index is 13.0. The minimum Gasteiger partial charge on any atom is -0.497 e. The second kappa shape index (κ2) is 12.2. The van der Waals surface area contributed by atoms with Crippen LogP contribution in [0.4, 0.5) is 4.39 Å². The molecule has 1 N–H and O–H groups in total. The lowest BCUT2D eigenvalue weighted by Crippen LogP contribution is -2.27. The fourth-order valence-corrected chi connectivity index (χ4v) is 3.38. The van der Waals surface area contributed by atoms with Gasteiger partial charge in [0, 0.05) is 19.2 Å². The topological polar surface area (TPSA) is 67.6 Å². The Kier molecular flexibility index (Phi) is 9.01. The molecule has 0 atom stereocenters. The Balaban J connectivity index is 1.56. The predicted molar refractivity (Wildman–Crippen MR) is 126 cm³/mol. The van der Waals surface area contributed by atoms with Gasteiger partial charge in [0.15, 0.2) is 11.5 Å². The zero-order chi connectivity index (χ0) is 23.6. The first-order valence-electron chi connectivity index (χ1n) is 11.3. The van der Waals surface area contributed by atoms with Crippen LogP contribution in [0.25, 0.3) is 0 Å². The second-order valence-electron chi connectivity index (χ2n) is 8.54. The summed E-state index contributed by atoms with van der Waals surface area (Å²) in [5, 5.41) is 6.73. The van der Waals surface area contributed by atoms with E-state index in [1.807, 2.05) is 12.1 Å². The van der Waals surface area contributed by atoms with Gasteiger partial charge in [-0.25, -0.2) is 4.39 Å². The number of amides is 1. The number of nitrogens with one attached hydrogen (secondary N) is 1. The van der Waals surface area contributed by atoms with Crippen molar-refractivity contribution in [3.05, 3.63) is 83.0 Å². The minimum atomic E-state index is -0.318. The number of nitrogens with zero attached hydrogens (tertiary/aromatic N) is 2. The highest BCUT2D eigenvalue weighted by Gasteiger charge is 2.15. The van der Waals surface area contributed by atoms with Crippen molar-refractivity contribution in [2.75, 3.05) is 20.2 Å². The Morgan fingerprint density at radius 2 is 1.79 bits per heavy atom. The summed E-state index contributed by atoms with van der Waals surface area (Å²) in [4.78, 5) is 14.8. The van der Waals surface area contributed by atoms with Crippen molar-refractivity contribution in [1.82, 2.24) is 15.4 Å². The number of hydrogen-bond donors (Lipinski definition) is 1. The molecule has 0 fully saturated rings. The van der Waals surface area contributed by atoms with Crippen LogP contribution in [-0.2, 0) is 19.5 Å². The van der Waals surface area contributed by atoms with Gasteiger partial charge >= 0.3 is 0 Å². The summed E-state index contributed by atoms with van der Waals surface area (Å²) in [6.45, 7) is 7.09. The highest BCUT2D eigenvalue weighted by molar-refractivity contribution is 5.92. The summed E-state index contributed by atoms with van der Waals surface area (Å²) in [7, 11) is 1.66. The van der Waals surface area contributed by atoms with Crippen LogP contribution in [0, 0.1) is 11.7 Å². The molecule has 0 unspecified atom stereocenters. The van der Waals surface area contributed by atoms with Crippen molar-refractivity contribution in [2.45, 2.75) is 39.8 Å². The number of carbonyl (C=O) groups is 1. The van der Waals surface area contributed by atoms with Crippen LogP contribution < -0.4 is 10.1 Å². The third kappa shape index (κ3) is 8.02. The molecule has 1 amide bonds. The molecule has 7 heteroatoms. The molecule has 0 aliphatic heterocycles. The monoisotopic (exact) mass is 453 g/mol. The van der Waals surface area contributed by atoms with Crippen LogP contribution in [0.2, 0.25) is 0 Å². The van der Waals surface area contributed by atoms with Crippen LogP contribution in [0.5, 0.6) is 5.75 Å². The van der Waals surface area contributed by atoms with E-state index in [1.54, 1.807) is 25.3 Å². The van der Waals surface area contributed by atoms with E-state index in [0.717, 1.165) is 37.2 Å². The smallest absolute Gasteiger partial charge is 0.273 e. The molecule has 0 saturated carbocycles. The SMILES string of the molecule is COc1ccc(CCN(CCC(C)C)Cc2cc(C(=O)NCc3ccc(F)cc3)no2)cc1. The van der Waals surface area contributed by atoms with Gasteiger partial charge in [0.25, 0.3) is 5.91 Å². The molecule has 0 saturated heterocycles. The second-order valence-corrected chi connectivity index (χ2v) is 8.54. The Bertz CT molecular complexity index is 1000. The first-order chi connectivity index (χ1) is 15.9. The van der Waals surface area contributed by atoms with E-state index in [0.29, 0.717) is 24.8 Å². The molecule has 1 heterocycles. The van der Waals surface area contributed by atoms with Gasteiger partial charge in [0.2, 0.25) is 0 Å². The van der Waals surface area contributed by atoms with E-state index in [4.69, 9.17) is 9.26 Å². The lowest BCUT2D eigenvalue weighted by Gasteiger charge is -2.22. The van der Waals surface area contributed by atoms with E-state index < -0.39 is 0 Å². The van der Waals surface area contributed by atoms with Crippen molar-refractivity contribution in [3.8, 4) is 5.75 Å². The number of hydrogen-bond acceptors (Lipinski definition) is 5. The number of benzene rings is 2. The Morgan fingerprint density at radius 1 is 1.09 bits per heavy atom. The maximum Gasteiger partial charge on any atom is 0.273 e. The maximum absolute atomic E-state index is 13.0. The van der Waals surface area contributed by atoms with Crippen LogP contribution in [0.15, 0.2) is 59.1 Å². The number of methoxy groups -OCH3 is 1. The summed E-state index contributed by atoms with van der Waals surface area (Å²) in [5.41, 5.74) is 2.29. The molecule has 3 aromatic rings. The fourth-order valence-electron chi connectivity index (χ4n) is 3.38. The quantitative estimate of drug-likeness (QED) is 0.425. The number of carbonyl (C=O) groups excluding carboxylic acids is 1. The molecule has 0 aliphatic rings. The van der Waals surface area contributed by atoms with Crippen molar-refractivity contribution < 1.29 is 18.4 Å². The van der Waals surface area contributed by atoms with E-state index in [-0.39, 0.29) is 17.4 Å².